The van der Waals surface area contributed by atoms with Crippen molar-refractivity contribution in [1.29, 1.82) is 5.26 Å². The van der Waals surface area contributed by atoms with E-state index in [1.165, 1.54) is 22.6 Å². The Balaban J connectivity index is 1.99. The van der Waals surface area contributed by atoms with Crippen LogP contribution in [-0.4, -0.2) is 15.7 Å². The lowest BCUT2D eigenvalue weighted by Gasteiger charge is -2.17. The zero-order valence-electron chi connectivity index (χ0n) is 10.4. The van der Waals surface area contributed by atoms with Crippen molar-refractivity contribution >= 4 is 11.8 Å². The van der Waals surface area contributed by atoms with Gasteiger partial charge in [-0.1, -0.05) is 12.1 Å². The number of nitrogens with zero attached hydrogens (tertiary/aromatic N) is 3. The van der Waals surface area contributed by atoms with Crippen LogP contribution >= 0.6 is 11.8 Å². The predicted molar refractivity (Wildman–Crippen MR) is 75.0 cm³/mol. The fourth-order valence-corrected chi connectivity index (χ4v) is 3.35. The molecule has 1 unspecified atom stereocenters. The molecule has 19 heavy (non-hydrogen) atoms. The number of rotatable bonds is 2. The summed E-state index contributed by atoms with van der Waals surface area (Å²) >= 11 is 1.90. The maximum atomic E-state index is 9.41. The standard InChI is InChI=1S/C15H13N3S/c16-9-13(14-10-17-5-6-18-14)11-3-4-15-12(8-11)2-1-7-19-15/h3-6,8,10,13H,1-2,7H2. The van der Waals surface area contributed by atoms with Crippen LogP contribution < -0.4 is 0 Å². The van der Waals surface area contributed by atoms with E-state index >= 15 is 0 Å². The lowest BCUT2D eigenvalue weighted by atomic mass is 9.94. The number of nitriles is 1. The molecule has 1 aliphatic heterocycles. The molecule has 0 bridgehead atoms. The molecule has 0 N–H and O–H groups in total. The summed E-state index contributed by atoms with van der Waals surface area (Å²) in [5.74, 6) is 0.865. The smallest absolute Gasteiger partial charge is 0.115 e. The van der Waals surface area contributed by atoms with Crippen molar-refractivity contribution in [2.75, 3.05) is 5.75 Å². The quantitative estimate of drug-likeness (QED) is 0.838. The van der Waals surface area contributed by atoms with Gasteiger partial charge in [0.15, 0.2) is 0 Å². The van der Waals surface area contributed by atoms with Crippen LogP contribution in [0.4, 0.5) is 0 Å². The van der Waals surface area contributed by atoms with Crippen molar-refractivity contribution in [2.45, 2.75) is 23.7 Å². The molecule has 2 heterocycles. The molecule has 0 saturated heterocycles. The van der Waals surface area contributed by atoms with Gasteiger partial charge in [-0.15, -0.1) is 11.8 Å². The summed E-state index contributed by atoms with van der Waals surface area (Å²) in [5, 5.41) is 9.41. The second-order valence-corrected chi connectivity index (χ2v) is 5.65. The number of hydrogen-bond acceptors (Lipinski definition) is 4. The molecule has 3 nitrogen and oxygen atoms in total. The Morgan fingerprint density at radius 1 is 1.32 bits per heavy atom. The Kier molecular flexibility index (Phi) is 3.47. The fraction of sp³-hybridized carbons (Fsp3) is 0.267. The average molecular weight is 267 g/mol. The van der Waals surface area contributed by atoms with E-state index in [0.717, 1.165) is 12.0 Å². The van der Waals surface area contributed by atoms with Gasteiger partial charge >= 0.3 is 0 Å². The summed E-state index contributed by atoms with van der Waals surface area (Å²) < 4.78 is 0. The van der Waals surface area contributed by atoms with E-state index in [9.17, 15) is 5.26 Å². The summed E-state index contributed by atoms with van der Waals surface area (Å²) in [6.45, 7) is 0. The molecule has 94 valence electrons. The first-order valence-electron chi connectivity index (χ1n) is 6.29. The van der Waals surface area contributed by atoms with Gasteiger partial charge in [-0.05, 0) is 35.8 Å². The van der Waals surface area contributed by atoms with Gasteiger partial charge in [0.2, 0.25) is 0 Å². The first-order chi connectivity index (χ1) is 9.38. The van der Waals surface area contributed by atoms with Crippen LogP contribution in [-0.2, 0) is 6.42 Å². The second-order valence-electron chi connectivity index (χ2n) is 4.51. The Hall–Kier alpha value is -1.86. The number of aromatic nitrogens is 2. The zero-order valence-corrected chi connectivity index (χ0v) is 11.2. The number of aryl methyl sites for hydroxylation is 1. The number of fused-ring (bicyclic) bond motifs is 1. The molecule has 1 aromatic heterocycles. The molecule has 0 saturated carbocycles. The Morgan fingerprint density at radius 3 is 3.05 bits per heavy atom. The lowest BCUT2D eigenvalue weighted by Crippen LogP contribution is -2.04. The number of hydrogen-bond donors (Lipinski definition) is 0. The van der Waals surface area contributed by atoms with E-state index in [1.54, 1.807) is 18.6 Å². The molecule has 2 aromatic rings. The molecule has 0 fully saturated rings. The molecule has 0 aliphatic carbocycles. The van der Waals surface area contributed by atoms with Crippen molar-refractivity contribution in [3.8, 4) is 6.07 Å². The van der Waals surface area contributed by atoms with Gasteiger partial charge in [0.1, 0.15) is 5.92 Å². The van der Waals surface area contributed by atoms with Crippen molar-refractivity contribution in [3.63, 3.8) is 0 Å². The second kappa shape index (κ2) is 5.41. The molecular formula is C15H13N3S. The summed E-state index contributed by atoms with van der Waals surface area (Å²) in [6.07, 6.45) is 7.25. The minimum Gasteiger partial charge on any atom is -0.261 e. The van der Waals surface area contributed by atoms with Gasteiger partial charge in [-0.25, -0.2) is 0 Å². The van der Waals surface area contributed by atoms with Crippen molar-refractivity contribution < 1.29 is 0 Å². The number of thioether (sulfide) groups is 1. The molecule has 1 aliphatic rings. The number of benzene rings is 1. The Labute approximate surface area is 116 Å². The van der Waals surface area contributed by atoms with Crippen LogP contribution in [0.2, 0.25) is 0 Å². The van der Waals surface area contributed by atoms with E-state index in [0.29, 0.717) is 5.69 Å². The van der Waals surface area contributed by atoms with E-state index < -0.39 is 0 Å². The summed E-state index contributed by atoms with van der Waals surface area (Å²) in [5.41, 5.74) is 3.09. The normalized spacial score (nSPS) is 15.3. The molecule has 3 rings (SSSR count). The zero-order chi connectivity index (χ0) is 13.1. The van der Waals surface area contributed by atoms with Gasteiger partial charge in [-0.3, -0.25) is 9.97 Å². The predicted octanol–water partition coefficient (Wildman–Crippen LogP) is 3.17. The summed E-state index contributed by atoms with van der Waals surface area (Å²) in [6, 6.07) is 8.66. The SMILES string of the molecule is N#CC(c1ccc2c(c1)CCCS2)c1cnccn1. The average Bonchev–Trinajstić information content (AvgIpc) is 2.49. The van der Waals surface area contributed by atoms with E-state index in [-0.39, 0.29) is 5.92 Å². The van der Waals surface area contributed by atoms with Gasteiger partial charge in [0.05, 0.1) is 18.0 Å². The molecule has 0 spiro atoms. The Morgan fingerprint density at radius 2 is 2.26 bits per heavy atom. The summed E-state index contributed by atoms with van der Waals surface area (Å²) in [4.78, 5) is 9.65. The van der Waals surface area contributed by atoms with Gasteiger partial charge < -0.3 is 0 Å². The molecule has 1 aromatic carbocycles. The van der Waals surface area contributed by atoms with Gasteiger partial charge in [-0.2, -0.15) is 5.26 Å². The van der Waals surface area contributed by atoms with E-state index in [2.05, 4.69) is 28.2 Å². The summed E-state index contributed by atoms with van der Waals surface area (Å²) in [7, 11) is 0. The first-order valence-corrected chi connectivity index (χ1v) is 7.28. The molecule has 4 heteroatoms. The lowest BCUT2D eigenvalue weighted by molar-refractivity contribution is 0.874. The van der Waals surface area contributed by atoms with Crippen molar-refractivity contribution in [1.82, 2.24) is 9.97 Å². The van der Waals surface area contributed by atoms with Crippen LogP contribution in [0.3, 0.4) is 0 Å². The van der Waals surface area contributed by atoms with Crippen LogP contribution in [0.5, 0.6) is 0 Å². The fourth-order valence-electron chi connectivity index (χ4n) is 2.33. The van der Waals surface area contributed by atoms with Crippen LogP contribution in [0.25, 0.3) is 0 Å². The highest BCUT2D eigenvalue weighted by Gasteiger charge is 2.18. The topological polar surface area (TPSA) is 49.6 Å². The highest BCUT2D eigenvalue weighted by Crippen LogP contribution is 2.33. The minimum absolute atomic E-state index is 0.328. The van der Waals surface area contributed by atoms with Gasteiger partial charge in [0, 0.05) is 17.3 Å². The molecular weight excluding hydrogens is 254 g/mol. The van der Waals surface area contributed by atoms with Gasteiger partial charge in [0.25, 0.3) is 0 Å². The van der Waals surface area contributed by atoms with E-state index in [4.69, 9.17) is 0 Å². The van der Waals surface area contributed by atoms with E-state index in [1.807, 2.05) is 17.8 Å². The first kappa shape index (κ1) is 12.2. The maximum Gasteiger partial charge on any atom is 0.115 e. The third-order valence-electron chi connectivity index (χ3n) is 3.27. The highest BCUT2D eigenvalue weighted by molar-refractivity contribution is 7.99. The van der Waals surface area contributed by atoms with Crippen LogP contribution in [0.1, 0.15) is 29.2 Å². The maximum absolute atomic E-state index is 9.41. The Bertz CT molecular complexity index is 619. The minimum atomic E-state index is -0.328. The third-order valence-corrected chi connectivity index (χ3v) is 4.48. The largest absolute Gasteiger partial charge is 0.261 e. The molecule has 1 atom stereocenters. The van der Waals surface area contributed by atoms with Crippen molar-refractivity contribution in [2.24, 2.45) is 0 Å². The third kappa shape index (κ3) is 2.47. The van der Waals surface area contributed by atoms with Crippen LogP contribution in [0.15, 0.2) is 41.7 Å². The monoisotopic (exact) mass is 267 g/mol. The molecule has 0 radical (unpaired) electrons. The van der Waals surface area contributed by atoms with Crippen LogP contribution in [0, 0.1) is 11.3 Å². The molecule has 0 amide bonds. The van der Waals surface area contributed by atoms with Crippen molar-refractivity contribution in [3.05, 3.63) is 53.6 Å². The highest BCUT2D eigenvalue weighted by atomic mass is 32.2.